The van der Waals surface area contributed by atoms with Crippen molar-refractivity contribution in [3.05, 3.63) is 0 Å². The van der Waals surface area contributed by atoms with Crippen LogP contribution in [0, 0.1) is 0 Å². The summed E-state index contributed by atoms with van der Waals surface area (Å²) in [6.45, 7) is 0. The molecule has 0 aliphatic carbocycles. The molecule has 0 radical (unpaired) electrons. The summed E-state index contributed by atoms with van der Waals surface area (Å²) >= 11 is 0. The Balaban J connectivity index is 0. The molecule has 0 unspecified atom stereocenters. The normalized spacial score (nSPS) is 0. The molecule has 0 saturated carbocycles. The molecule has 0 heterocycles. The third kappa shape index (κ3) is 197. The summed E-state index contributed by atoms with van der Waals surface area (Å²) < 4.78 is 0. The molecule has 0 amide bonds. The zero-order valence-electron chi connectivity index (χ0n) is 2.94. The van der Waals surface area contributed by atoms with E-state index < -0.39 is 0 Å². The average molecular weight is 330 g/mol. The maximum absolute atomic E-state index is 0. The Labute approximate surface area is 93.6 Å². The van der Waals surface area contributed by atoms with Gasteiger partial charge in [0.25, 0.3) is 0 Å². The zero-order valence-corrected chi connectivity index (χ0v) is 7.33. The van der Waals surface area contributed by atoms with Crippen molar-refractivity contribution in [1.82, 2.24) is 0 Å². The van der Waals surface area contributed by atoms with Crippen LogP contribution >= 0.6 is 0 Å². The first kappa shape index (κ1) is 344. The maximum Gasteiger partial charge on any atom is 5.00 e. The molecule has 0 aromatic carbocycles. The molecule has 56 valence electrons. The molecule has 0 aliphatic heterocycles. The van der Waals surface area contributed by atoms with Crippen LogP contribution < -0.4 is 0 Å². The molecule has 0 atom stereocenters. The van der Waals surface area contributed by atoms with Crippen molar-refractivity contribution in [2.24, 2.45) is 0 Å². The Morgan fingerprint density at radius 3 is 0.333 bits per heavy atom. The fourth-order valence-electron chi connectivity index (χ4n) is 0. The van der Waals surface area contributed by atoms with Gasteiger partial charge in [-0.15, -0.1) is 0 Å². The van der Waals surface area contributed by atoms with Crippen LogP contribution in [-0.2, 0) is 72.1 Å². The molecule has 0 fully saturated rings. The van der Waals surface area contributed by atoms with Crippen LogP contribution in [0.25, 0.3) is 0 Å². The van der Waals surface area contributed by atoms with E-state index in [0.29, 0.717) is 0 Å². The monoisotopic (exact) mass is 330 g/mol. The van der Waals surface area contributed by atoms with E-state index >= 15 is 0 Å². The van der Waals surface area contributed by atoms with Crippen LogP contribution in [0.4, 0.5) is 0 Å². The van der Waals surface area contributed by atoms with Crippen molar-refractivity contribution < 1.29 is 72.1 Å². The average Bonchev–Trinajstić information content (AvgIpc) is 0. The van der Waals surface area contributed by atoms with Gasteiger partial charge in [-0.25, -0.2) is 0 Å². The van der Waals surface area contributed by atoms with Gasteiger partial charge in [0.1, 0.15) is 0 Å². The predicted octanol–water partition coefficient (Wildman–Crippen LogP) is -3.50. The van der Waals surface area contributed by atoms with E-state index in [1.165, 1.54) is 0 Å². The summed E-state index contributed by atoms with van der Waals surface area (Å²) in [5.74, 6) is 0. The van der Waals surface area contributed by atoms with Gasteiger partial charge in [0.05, 0.1) is 0 Å². The first-order valence-corrected chi connectivity index (χ1v) is 0. The molecule has 0 rings (SSSR count). The van der Waals surface area contributed by atoms with Crippen molar-refractivity contribution in [2.45, 2.75) is 0 Å². The molecule has 9 heteroatoms. The smallest absolute Gasteiger partial charge is 2.00 e. The molecule has 0 spiro atoms. The van der Waals surface area contributed by atoms with Gasteiger partial charge in [-0.2, -0.15) is 0 Å². The summed E-state index contributed by atoms with van der Waals surface area (Å²) in [6.07, 6.45) is 0. The van der Waals surface area contributed by atoms with Gasteiger partial charge < -0.3 is 27.4 Å². The summed E-state index contributed by atoms with van der Waals surface area (Å²) in [5.41, 5.74) is 0. The fourth-order valence-corrected chi connectivity index (χ4v) is 0. The van der Waals surface area contributed by atoms with E-state index in [0.717, 1.165) is 0 Å². The summed E-state index contributed by atoms with van der Waals surface area (Å²) in [7, 11) is 0. The van der Waals surface area contributed by atoms with Crippen molar-refractivity contribution in [1.29, 1.82) is 0 Å². The minimum Gasteiger partial charge on any atom is -2.00 e. The Hall–Kier alpha value is 1.71. The van der Waals surface area contributed by atoms with Crippen LogP contribution in [0.15, 0.2) is 0 Å². The zero-order chi connectivity index (χ0) is 0. The van der Waals surface area contributed by atoms with E-state index in [-0.39, 0.29) is 94.1 Å². The van der Waals surface area contributed by atoms with E-state index in [1.54, 1.807) is 0 Å². The van der Waals surface area contributed by atoms with Gasteiger partial charge in [0.15, 0.2) is 0 Å². The minimum absolute atomic E-state index is 0. The first-order valence-electron chi connectivity index (χ1n) is 0. The van der Waals surface area contributed by atoms with Crippen LogP contribution in [-0.4, -0.2) is 21.9 Å². The number of rotatable bonds is 0. The van der Waals surface area contributed by atoms with Crippen LogP contribution in [0.5, 0.6) is 0 Å². The fraction of sp³-hybridized carbons (Fsp3) is 0. The number of hydrogen-bond acceptors (Lipinski definition) is 0. The van der Waals surface area contributed by atoms with Gasteiger partial charge in [0, 0.05) is 0 Å². The molecule has 0 saturated heterocycles. The standard InChI is InChI=1S/2Nb.5O.2H4Si/h;;;;;;;2*1H4/q2*+5;5*-2;;. The van der Waals surface area contributed by atoms with Crippen molar-refractivity contribution >= 4 is 21.9 Å². The molecule has 0 aliphatic rings. The molecule has 0 aromatic rings. The summed E-state index contributed by atoms with van der Waals surface area (Å²) in [5, 5.41) is 0. The molecule has 9 heavy (non-hydrogen) atoms. The predicted molar refractivity (Wildman–Crippen MR) is 26.1 cm³/mol. The minimum atomic E-state index is 0. The van der Waals surface area contributed by atoms with Crippen LogP contribution in [0.3, 0.4) is 0 Å². The Morgan fingerprint density at radius 1 is 0.333 bits per heavy atom. The van der Waals surface area contributed by atoms with Gasteiger partial charge in [-0.1, -0.05) is 0 Å². The molecular weight excluding hydrogens is 322 g/mol. The van der Waals surface area contributed by atoms with Crippen molar-refractivity contribution in [3.8, 4) is 0 Å². The molecule has 0 bridgehead atoms. The van der Waals surface area contributed by atoms with Crippen molar-refractivity contribution in [3.63, 3.8) is 0 Å². The van der Waals surface area contributed by atoms with Crippen LogP contribution in [0.2, 0.25) is 0 Å². The topological polar surface area (TPSA) is 142 Å². The quantitative estimate of drug-likeness (QED) is 0.406. The van der Waals surface area contributed by atoms with Gasteiger partial charge >= 0.3 is 44.8 Å². The largest absolute Gasteiger partial charge is 5.00 e. The second-order valence-corrected chi connectivity index (χ2v) is 0. The van der Waals surface area contributed by atoms with E-state index in [2.05, 4.69) is 0 Å². The summed E-state index contributed by atoms with van der Waals surface area (Å²) in [6, 6.07) is 0. The Bertz CT molecular complexity index is 12.9. The van der Waals surface area contributed by atoms with E-state index in [4.69, 9.17) is 0 Å². The Morgan fingerprint density at radius 2 is 0.333 bits per heavy atom. The molecular formula is H8Nb2O5Si2. The molecule has 5 nitrogen and oxygen atoms in total. The van der Waals surface area contributed by atoms with Gasteiger partial charge in [-0.3, -0.25) is 0 Å². The van der Waals surface area contributed by atoms with Crippen molar-refractivity contribution in [2.75, 3.05) is 0 Å². The van der Waals surface area contributed by atoms with Gasteiger partial charge in [0.2, 0.25) is 0 Å². The van der Waals surface area contributed by atoms with Crippen LogP contribution in [0.1, 0.15) is 0 Å². The van der Waals surface area contributed by atoms with E-state index in [1.807, 2.05) is 0 Å². The second kappa shape index (κ2) is 251. The van der Waals surface area contributed by atoms with Gasteiger partial charge in [-0.05, 0) is 21.9 Å². The maximum atomic E-state index is 0. The third-order valence-corrected chi connectivity index (χ3v) is 0. The molecule has 0 N–H and O–H groups in total. The second-order valence-electron chi connectivity index (χ2n) is 0. The number of hydrogen-bond donors (Lipinski definition) is 0. The summed E-state index contributed by atoms with van der Waals surface area (Å²) in [4.78, 5) is 0. The SMILES string of the molecule is [Nb+5].[Nb+5].[O-2].[O-2].[O-2].[O-2].[O-2].[SiH4].[SiH4]. The van der Waals surface area contributed by atoms with E-state index in [9.17, 15) is 0 Å². The first-order chi connectivity index (χ1) is 0. The molecule has 0 aromatic heterocycles. The third-order valence-electron chi connectivity index (χ3n) is 0. The Kier molecular flexibility index (Phi) is 9600.